The molecule has 0 fully saturated rings. The average Bonchev–Trinajstić information content (AvgIpc) is 2.45. The molecule has 1 amide bonds. The summed E-state index contributed by atoms with van der Waals surface area (Å²) in [5, 5.41) is 2.77. The van der Waals surface area contributed by atoms with Crippen LogP contribution in [0.25, 0.3) is 0 Å². The van der Waals surface area contributed by atoms with Crippen molar-refractivity contribution >= 4 is 17.7 Å². The first-order chi connectivity index (χ1) is 9.95. The minimum absolute atomic E-state index is 0.0216. The van der Waals surface area contributed by atoms with Crippen LogP contribution in [0.15, 0.2) is 5.18 Å². The van der Waals surface area contributed by atoms with E-state index >= 15 is 0 Å². The molecule has 0 bridgehead atoms. The van der Waals surface area contributed by atoms with Gasteiger partial charge in [-0.1, -0.05) is 51.9 Å². The molecule has 124 valence electrons. The number of nitrogens with zero attached hydrogens (tertiary/aromatic N) is 2. The zero-order valence-electron chi connectivity index (χ0n) is 14.2. The van der Waals surface area contributed by atoms with Crippen molar-refractivity contribution in [3.63, 3.8) is 0 Å². The standard InChI is InChI=1S/C16H32N2O2S/c1-5-6-7-8-9-10-11-12-13-21-16(2,3)15(19)18(4)14-17-20/h5-14H2,1-4H3. The molecule has 0 heterocycles. The lowest BCUT2D eigenvalue weighted by atomic mass is 10.1. The Morgan fingerprint density at radius 2 is 1.57 bits per heavy atom. The summed E-state index contributed by atoms with van der Waals surface area (Å²) in [5.41, 5.74) is 0. The van der Waals surface area contributed by atoms with Gasteiger partial charge < -0.3 is 4.90 Å². The number of nitroso groups, excluding NO2 is 1. The van der Waals surface area contributed by atoms with Crippen molar-refractivity contribution in [2.45, 2.75) is 76.9 Å². The van der Waals surface area contributed by atoms with Crippen LogP contribution in [-0.2, 0) is 4.79 Å². The van der Waals surface area contributed by atoms with E-state index in [2.05, 4.69) is 12.1 Å². The predicted octanol–water partition coefficient (Wildman–Crippen LogP) is 4.82. The molecular weight excluding hydrogens is 284 g/mol. The monoisotopic (exact) mass is 316 g/mol. The van der Waals surface area contributed by atoms with Crippen LogP contribution in [0.3, 0.4) is 0 Å². The third-order valence-corrected chi connectivity index (χ3v) is 4.98. The Hall–Kier alpha value is -0.580. The van der Waals surface area contributed by atoms with E-state index in [1.54, 1.807) is 18.8 Å². The predicted molar refractivity (Wildman–Crippen MR) is 92.6 cm³/mol. The quantitative estimate of drug-likeness (QED) is 0.361. The molecule has 0 saturated carbocycles. The summed E-state index contributed by atoms with van der Waals surface area (Å²) in [5.74, 6) is 0.974. The van der Waals surface area contributed by atoms with Gasteiger partial charge >= 0.3 is 0 Å². The van der Waals surface area contributed by atoms with Gasteiger partial charge in [-0.25, -0.2) is 0 Å². The summed E-state index contributed by atoms with van der Waals surface area (Å²) in [6.07, 6.45) is 10.4. The van der Waals surface area contributed by atoms with Gasteiger partial charge in [0.05, 0.1) is 4.75 Å². The minimum Gasteiger partial charge on any atom is -0.322 e. The number of carbonyl (C=O) groups is 1. The molecule has 0 spiro atoms. The molecule has 0 radical (unpaired) electrons. The number of hydrogen-bond acceptors (Lipinski definition) is 4. The normalized spacial score (nSPS) is 11.4. The first kappa shape index (κ1) is 20.4. The smallest absolute Gasteiger partial charge is 0.239 e. The molecule has 4 nitrogen and oxygen atoms in total. The lowest BCUT2D eigenvalue weighted by molar-refractivity contribution is -0.131. The lowest BCUT2D eigenvalue weighted by Gasteiger charge is -2.27. The van der Waals surface area contributed by atoms with E-state index in [0.29, 0.717) is 0 Å². The van der Waals surface area contributed by atoms with Crippen LogP contribution < -0.4 is 0 Å². The van der Waals surface area contributed by atoms with E-state index < -0.39 is 4.75 Å². The molecule has 0 aromatic heterocycles. The molecule has 0 aliphatic rings. The second kappa shape index (κ2) is 12.0. The molecule has 0 atom stereocenters. The number of hydrogen-bond donors (Lipinski definition) is 0. The summed E-state index contributed by atoms with van der Waals surface area (Å²) in [4.78, 5) is 23.7. The first-order valence-corrected chi connectivity index (χ1v) is 9.13. The van der Waals surface area contributed by atoms with Gasteiger partial charge in [0.15, 0.2) is 6.67 Å². The summed E-state index contributed by atoms with van der Waals surface area (Å²) in [6, 6.07) is 0. The van der Waals surface area contributed by atoms with Gasteiger partial charge in [-0.2, -0.15) is 0 Å². The van der Waals surface area contributed by atoms with Crippen LogP contribution >= 0.6 is 11.8 Å². The highest BCUT2D eigenvalue weighted by atomic mass is 32.2. The van der Waals surface area contributed by atoms with E-state index in [4.69, 9.17) is 0 Å². The van der Waals surface area contributed by atoms with E-state index in [-0.39, 0.29) is 12.6 Å². The molecule has 21 heavy (non-hydrogen) atoms. The molecule has 0 aliphatic heterocycles. The van der Waals surface area contributed by atoms with Gasteiger partial charge in [0.25, 0.3) is 0 Å². The van der Waals surface area contributed by atoms with Gasteiger partial charge in [0, 0.05) is 7.05 Å². The highest BCUT2D eigenvalue weighted by Crippen LogP contribution is 2.27. The number of rotatable bonds is 13. The van der Waals surface area contributed by atoms with Gasteiger partial charge in [0.2, 0.25) is 5.91 Å². The third-order valence-electron chi connectivity index (χ3n) is 3.59. The number of carbonyl (C=O) groups excluding carboxylic acids is 1. The summed E-state index contributed by atoms with van der Waals surface area (Å²) in [7, 11) is 1.63. The molecule has 5 heteroatoms. The molecule has 0 aromatic rings. The number of unbranched alkanes of at least 4 members (excludes halogenated alkanes) is 7. The van der Waals surface area contributed by atoms with Crippen molar-refractivity contribution in [2.75, 3.05) is 19.5 Å². The molecule has 0 unspecified atom stereocenters. The SMILES string of the molecule is CCCCCCCCCCSC(C)(C)C(=O)N(C)CN=O. The van der Waals surface area contributed by atoms with Gasteiger partial charge in [-0.3, -0.25) is 4.79 Å². The van der Waals surface area contributed by atoms with Crippen LogP contribution in [0.1, 0.15) is 72.1 Å². The van der Waals surface area contributed by atoms with Crippen LogP contribution in [0.4, 0.5) is 0 Å². The second-order valence-corrected chi connectivity index (χ2v) is 7.82. The Bertz CT molecular complexity index is 296. The summed E-state index contributed by atoms with van der Waals surface area (Å²) in [6.45, 7) is 6.02. The average molecular weight is 317 g/mol. The van der Waals surface area contributed by atoms with E-state index in [1.165, 1.54) is 49.8 Å². The zero-order valence-corrected chi connectivity index (χ0v) is 15.0. The van der Waals surface area contributed by atoms with Crippen molar-refractivity contribution in [2.24, 2.45) is 5.18 Å². The highest BCUT2D eigenvalue weighted by Gasteiger charge is 2.30. The Morgan fingerprint density at radius 1 is 1.05 bits per heavy atom. The third kappa shape index (κ3) is 9.88. The fraction of sp³-hybridized carbons (Fsp3) is 0.938. The molecule has 0 N–H and O–H groups in total. The minimum atomic E-state index is -0.472. The Kier molecular flexibility index (Phi) is 11.7. The van der Waals surface area contributed by atoms with Crippen LogP contribution in [0.2, 0.25) is 0 Å². The first-order valence-electron chi connectivity index (χ1n) is 8.14. The van der Waals surface area contributed by atoms with Crippen LogP contribution in [0.5, 0.6) is 0 Å². The molecule has 0 rings (SSSR count). The lowest BCUT2D eigenvalue weighted by Crippen LogP contribution is -2.41. The number of amides is 1. The van der Waals surface area contributed by atoms with Crippen molar-refractivity contribution in [1.82, 2.24) is 4.90 Å². The summed E-state index contributed by atoms with van der Waals surface area (Å²) >= 11 is 1.68. The molecule has 0 aromatic carbocycles. The Morgan fingerprint density at radius 3 is 2.10 bits per heavy atom. The number of thioether (sulfide) groups is 1. The van der Waals surface area contributed by atoms with Crippen molar-refractivity contribution < 1.29 is 4.79 Å². The molecule has 0 aliphatic carbocycles. The Labute approximate surface area is 134 Å². The topological polar surface area (TPSA) is 49.7 Å². The van der Waals surface area contributed by atoms with E-state index in [1.807, 2.05) is 13.8 Å². The fourth-order valence-electron chi connectivity index (χ4n) is 2.24. The molecular formula is C16H32N2O2S. The molecule has 0 saturated heterocycles. The maximum atomic E-state index is 12.1. The summed E-state index contributed by atoms with van der Waals surface area (Å²) < 4.78 is -0.472. The maximum absolute atomic E-state index is 12.1. The van der Waals surface area contributed by atoms with Gasteiger partial charge in [-0.05, 0) is 31.2 Å². The second-order valence-electron chi connectivity index (χ2n) is 6.11. The Balaban J connectivity index is 3.70. The van der Waals surface area contributed by atoms with Crippen LogP contribution in [0, 0.1) is 4.91 Å². The maximum Gasteiger partial charge on any atom is 0.239 e. The fourth-order valence-corrected chi connectivity index (χ4v) is 3.37. The van der Waals surface area contributed by atoms with E-state index in [0.717, 1.165) is 12.2 Å². The zero-order chi connectivity index (χ0) is 16.1. The van der Waals surface area contributed by atoms with Crippen LogP contribution in [-0.4, -0.2) is 35.0 Å². The van der Waals surface area contributed by atoms with Gasteiger partial charge in [-0.15, -0.1) is 16.7 Å². The van der Waals surface area contributed by atoms with E-state index in [9.17, 15) is 9.70 Å². The highest BCUT2D eigenvalue weighted by molar-refractivity contribution is 8.01. The van der Waals surface area contributed by atoms with Crippen molar-refractivity contribution in [3.8, 4) is 0 Å². The van der Waals surface area contributed by atoms with Gasteiger partial charge in [0.1, 0.15) is 0 Å². The van der Waals surface area contributed by atoms with Crippen molar-refractivity contribution in [1.29, 1.82) is 0 Å². The van der Waals surface area contributed by atoms with Crippen molar-refractivity contribution in [3.05, 3.63) is 4.91 Å². The largest absolute Gasteiger partial charge is 0.322 e.